The Hall–Kier alpha value is -0.930. The molecule has 5 aliphatic rings. The summed E-state index contributed by atoms with van der Waals surface area (Å²) in [6.45, 7) is 8.58. The molecule has 3 nitrogen and oxygen atoms in total. The van der Waals surface area contributed by atoms with Gasteiger partial charge in [0.1, 0.15) is 0 Å². The Morgan fingerprint density at radius 3 is 2.54 bits per heavy atom. The Labute approximate surface area is 157 Å². The van der Waals surface area contributed by atoms with Crippen LogP contribution in [0.15, 0.2) is 23.3 Å². The predicted octanol–water partition coefficient (Wildman–Crippen LogP) is 4.82. The SMILES string of the molecule is CC1([C@H]2CC[C@H]3C4=CCC5=CC(=O)CC[C@]5(C)[C@H]4CC[C@]23C)OCCO1. The van der Waals surface area contributed by atoms with Crippen LogP contribution in [0.5, 0.6) is 0 Å². The summed E-state index contributed by atoms with van der Waals surface area (Å²) in [4.78, 5) is 12.0. The van der Waals surface area contributed by atoms with Gasteiger partial charge in [-0.3, -0.25) is 4.79 Å². The van der Waals surface area contributed by atoms with Gasteiger partial charge in [0.25, 0.3) is 0 Å². The molecule has 1 saturated heterocycles. The maximum Gasteiger partial charge on any atom is 0.169 e. The third kappa shape index (κ3) is 2.16. The van der Waals surface area contributed by atoms with Gasteiger partial charge in [-0.25, -0.2) is 0 Å². The summed E-state index contributed by atoms with van der Waals surface area (Å²) in [5.41, 5.74) is 3.59. The van der Waals surface area contributed by atoms with E-state index >= 15 is 0 Å². The van der Waals surface area contributed by atoms with Crippen LogP contribution >= 0.6 is 0 Å². The van der Waals surface area contributed by atoms with E-state index in [1.54, 1.807) is 5.57 Å². The number of rotatable bonds is 1. The van der Waals surface area contributed by atoms with Gasteiger partial charge in [0.2, 0.25) is 0 Å². The Balaban J connectivity index is 1.50. The van der Waals surface area contributed by atoms with Crippen LogP contribution in [-0.4, -0.2) is 24.8 Å². The molecule has 5 atom stereocenters. The monoisotopic (exact) mass is 356 g/mol. The van der Waals surface area contributed by atoms with E-state index in [4.69, 9.17) is 9.47 Å². The van der Waals surface area contributed by atoms with Crippen LogP contribution in [0.3, 0.4) is 0 Å². The molecular weight excluding hydrogens is 324 g/mol. The first kappa shape index (κ1) is 17.2. The van der Waals surface area contributed by atoms with Gasteiger partial charge in [0, 0.05) is 12.3 Å². The highest BCUT2D eigenvalue weighted by Crippen LogP contribution is 2.67. The molecule has 1 heterocycles. The van der Waals surface area contributed by atoms with E-state index in [0.29, 0.717) is 23.5 Å². The molecule has 0 aromatic carbocycles. The van der Waals surface area contributed by atoms with E-state index in [2.05, 4.69) is 26.8 Å². The average molecular weight is 357 g/mol. The van der Waals surface area contributed by atoms with E-state index in [1.165, 1.54) is 31.3 Å². The zero-order chi connectivity index (χ0) is 18.2. The van der Waals surface area contributed by atoms with E-state index in [1.807, 2.05) is 6.08 Å². The smallest absolute Gasteiger partial charge is 0.169 e. The van der Waals surface area contributed by atoms with Crippen LogP contribution in [0.1, 0.15) is 65.7 Å². The number of ketones is 1. The lowest BCUT2D eigenvalue weighted by Gasteiger charge is -2.55. The van der Waals surface area contributed by atoms with Crippen molar-refractivity contribution in [2.45, 2.75) is 71.5 Å². The van der Waals surface area contributed by atoms with Gasteiger partial charge in [-0.2, -0.15) is 0 Å². The normalized spacial score (nSPS) is 46.9. The van der Waals surface area contributed by atoms with Gasteiger partial charge in [-0.05, 0) is 74.2 Å². The third-order valence-corrected chi connectivity index (χ3v) is 8.89. The summed E-state index contributed by atoms with van der Waals surface area (Å²) in [5.74, 6) is 1.72. The summed E-state index contributed by atoms with van der Waals surface area (Å²) in [6, 6.07) is 0. The highest BCUT2D eigenvalue weighted by Gasteiger charge is 2.61. The van der Waals surface area contributed by atoms with Gasteiger partial charge in [-0.1, -0.05) is 31.1 Å². The van der Waals surface area contributed by atoms with E-state index in [0.717, 1.165) is 32.5 Å². The predicted molar refractivity (Wildman–Crippen MR) is 100 cm³/mol. The average Bonchev–Trinajstić information content (AvgIpc) is 3.19. The maximum absolute atomic E-state index is 12.0. The lowest BCUT2D eigenvalue weighted by molar-refractivity contribution is -0.207. The lowest BCUT2D eigenvalue weighted by Crippen LogP contribution is -2.50. The van der Waals surface area contributed by atoms with E-state index in [9.17, 15) is 4.79 Å². The molecule has 4 aliphatic carbocycles. The molecule has 2 saturated carbocycles. The molecule has 5 rings (SSSR count). The Morgan fingerprint density at radius 1 is 1.00 bits per heavy atom. The molecular formula is C23H32O3. The van der Waals surface area contributed by atoms with Crippen molar-refractivity contribution in [2.24, 2.45) is 28.6 Å². The quantitative estimate of drug-likeness (QED) is 0.632. The Bertz CT molecular complexity index is 698. The summed E-state index contributed by atoms with van der Waals surface area (Å²) in [6.07, 6.45) is 12.2. The van der Waals surface area contributed by atoms with Gasteiger partial charge < -0.3 is 9.47 Å². The minimum Gasteiger partial charge on any atom is -0.348 e. The minimum atomic E-state index is -0.391. The summed E-state index contributed by atoms with van der Waals surface area (Å²) < 4.78 is 12.2. The first-order valence-electron chi connectivity index (χ1n) is 10.6. The first-order chi connectivity index (χ1) is 12.4. The fraction of sp³-hybridized carbons (Fsp3) is 0.783. The van der Waals surface area contributed by atoms with Crippen LogP contribution in [0, 0.1) is 28.6 Å². The van der Waals surface area contributed by atoms with Crippen molar-refractivity contribution < 1.29 is 14.3 Å². The van der Waals surface area contributed by atoms with E-state index < -0.39 is 5.79 Å². The molecule has 0 amide bonds. The largest absolute Gasteiger partial charge is 0.348 e. The van der Waals surface area contributed by atoms with E-state index in [-0.39, 0.29) is 10.8 Å². The van der Waals surface area contributed by atoms with Crippen molar-refractivity contribution in [2.75, 3.05) is 13.2 Å². The van der Waals surface area contributed by atoms with Crippen LogP contribution in [-0.2, 0) is 14.3 Å². The standard InChI is InChI=1S/C23H32O3/c1-21-10-8-16(24)14-15(21)4-5-17-18-6-7-20(23(3)25-12-13-26-23)22(18,2)11-9-19(17)21/h5,14,18-20H,4,6-13H2,1-3H3/t18-,19-,20-,21-,22-/m0/s1. The number of carbonyl (C=O) groups is 1. The topological polar surface area (TPSA) is 35.5 Å². The summed E-state index contributed by atoms with van der Waals surface area (Å²) in [5, 5.41) is 0. The maximum atomic E-state index is 12.0. The van der Waals surface area contributed by atoms with Crippen molar-refractivity contribution in [3.63, 3.8) is 0 Å². The summed E-state index contributed by atoms with van der Waals surface area (Å²) >= 11 is 0. The molecule has 3 fully saturated rings. The second-order valence-electron chi connectivity index (χ2n) is 9.95. The second kappa shape index (κ2) is 5.54. The fourth-order valence-corrected chi connectivity index (χ4v) is 7.45. The van der Waals surface area contributed by atoms with Crippen LogP contribution in [0.4, 0.5) is 0 Å². The van der Waals surface area contributed by atoms with Gasteiger partial charge in [0.15, 0.2) is 11.6 Å². The molecule has 0 unspecified atom stereocenters. The zero-order valence-electron chi connectivity index (χ0n) is 16.5. The number of allylic oxidation sites excluding steroid dienone is 4. The van der Waals surface area contributed by atoms with Crippen molar-refractivity contribution in [1.29, 1.82) is 0 Å². The Morgan fingerprint density at radius 2 is 1.77 bits per heavy atom. The fourth-order valence-electron chi connectivity index (χ4n) is 7.45. The highest BCUT2D eigenvalue weighted by atomic mass is 16.7. The van der Waals surface area contributed by atoms with Gasteiger partial charge in [-0.15, -0.1) is 0 Å². The molecule has 142 valence electrons. The summed E-state index contributed by atoms with van der Waals surface area (Å²) in [7, 11) is 0. The molecule has 0 bridgehead atoms. The lowest BCUT2D eigenvalue weighted by atomic mass is 9.50. The van der Waals surface area contributed by atoms with Crippen LogP contribution in [0.25, 0.3) is 0 Å². The van der Waals surface area contributed by atoms with Crippen molar-refractivity contribution in [1.82, 2.24) is 0 Å². The Kier molecular flexibility index (Phi) is 3.66. The molecule has 0 aromatic rings. The molecule has 0 spiro atoms. The highest BCUT2D eigenvalue weighted by molar-refractivity contribution is 5.91. The molecule has 0 N–H and O–H groups in total. The molecule has 3 heteroatoms. The van der Waals surface area contributed by atoms with Crippen LogP contribution < -0.4 is 0 Å². The number of ether oxygens (including phenoxy) is 2. The van der Waals surface area contributed by atoms with Crippen LogP contribution in [0.2, 0.25) is 0 Å². The first-order valence-corrected chi connectivity index (χ1v) is 10.6. The number of carbonyl (C=O) groups excluding carboxylic acids is 1. The number of fused-ring (bicyclic) bond motifs is 5. The number of hydrogen-bond acceptors (Lipinski definition) is 3. The van der Waals surface area contributed by atoms with Crippen molar-refractivity contribution >= 4 is 5.78 Å². The van der Waals surface area contributed by atoms with Crippen molar-refractivity contribution in [3.05, 3.63) is 23.3 Å². The van der Waals surface area contributed by atoms with Gasteiger partial charge in [0.05, 0.1) is 13.2 Å². The molecule has 26 heavy (non-hydrogen) atoms. The molecule has 0 aromatic heterocycles. The van der Waals surface area contributed by atoms with Gasteiger partial charge >= 0.3 is 0 Å². The third-order valence-electron chi connectivity index (χ3n) is 8.89. The number of hydrogen-bond donors (Lipinski definition) is 0. The second-order valence-corrected chi connectivity index (χ2v) is 9.95. The molecule has 0 radical (unpaired) electrons. The molecule has 1 aliphatic heterocycles. The van der Waals surface area contributed by atoms with Crippen molar-refractivity contribution in [3.8, 4) is 0 Å². The minimum absolute atomic E-state index is 0.210. The zero-order valence-corrected chi connectivity index (χ0v) is 16.5.